The quantitative estimate of drug-likeness (QED) is 0.800. The molecule has 3 nitrogen and oxygen atoms in total. The van der Waals surface area contributed by atoms with E-state index >= 15 is 0 Å². The summed E-state index contributed by atoms with van der Waals surface area (Å²) in [5.74, 6) is 1.03. The molecule has 0 radical (unpaired) electrons. The van der Waals surface area contributed by atoms with E-state index in [-0.39, 0.29) is 0 Å². The van der Waals surface area contributed by atoms with Crippen LogP contribution in [0.15, 0.2) is 23.5 Å². The number of halogens is 1. The van der Waals surface area contributed by atoms with Crippen LogP contribution in [0.4, 0.5) is 0 Å². The number of rotatable bonds is 4. The molecule has 0 atom stereocenters. The van der Waals surface area contributed by atoms with Gasteiger partial charge in [0.2, 0.25) is 0 Å². The Hall–Kier alpha value is -0.800. The molecular weight excluding hydrogens is 186 g/mol. The van der Waals surface area contributed by atoms with E-state index in [0.717, 1.165) is 24.5 Å². The Labute approximate surface area is 83.4 Å². The van der Waals surface area contributed by atoms with Gasteiger partial charge in [-0.2, -0.15) is 0 Å². The first-order valence-electron chi connectivity index (χ1n) is 4.17. The molecule has 0 aliphatic carbocycles. The molecular formula is C9H14ClN3. The van der Waals surface area contributed by atoms with Crippen LogP contribution in [0, 0.1) is 0 Å². The van der Waals surface area contributed by atoms with Crippen molar-refractivity contribution >= 4 is 11.6 Å². The average Bonchev–Trinajstić information content (AvgIpc) is 2.52. The Morgan fingerprint density at radius 3 is 3.08 bits per heavy atom. The minimum absolute atomic E-state index is 0.769. The second-order valence-corrected chi connectivity index (χ2v) is 3.23. The fourth-order valence-corrected chi connectivity index (χ4v) is 1.05. The zero-order chi connectivity index (χ0) is 9.68. The summed E-state index contributed by atoms with van der Waals surface area (Å²) in [6.07, 6.45) is 3.72. The van der Waals surface area contributed by atoms with Crippen molar-refractivity contribution < 1.29 is 0 Å². The molecule has 72 valence electrons. The van der Waals surface area contributed by atoms with E-state index in [4.69, 9.17) is 11.6 Å². The van der Waals surface area contributed by atoms with E-state index in [1.54, 1.807) is 11.7 Å². The Morgan fingerprint density at radius 1 is 1.77 bits per heavy atom. The molecule has 1 N–H and O–H groups in total. The lowest BCUT2D eigenvalue weighted by molar-refractivity contribution is 0.670. The lowest BCUT2D eigenvalue weighted by atomic mass is 10.3. The van der Waals surface area contributed by atoms with Crippen LogP contribution in [0.25, 0.3) is 0 Å². The number of nitrogens with one attached hydrogen (secondary N) is 1. The second-order valence-electron chi connectivity index (χ2n) is 3.01. The number of nitrogens with zero attached hydrogens (tertiary/aromatic N) is 2. The average molecular weight is 200 g/mol. The van der Waals surface area contributed by atoms with Crippen LogP contribution in [-0.2, 0) is 13.6 Å². The fourth-order valence-electron chi connectivity index (χ4n) is 0.977. The van der Waals surface area contributed by atoms with Gasteiger partial charge in [-0.1, -0.05) is 11.6 Å². The van der Waals surface area contributed by atoms with Crippen LogP contribution < -0.4 is 5.32 Å². The SMILES string of the molecule is C/C(=C/Cl)CNCc1nccn1C. The van der Waals surface area contributed by atoms with Gasteiger partial charge >= 0.3 is 0 Å². The third kappa shape index (κ3) is 3.20. The van der Waals surface area contributed by atoms with E-state index in [2.05, 4.69) is 10.3 Å². The van der Waals surface area contributed by atoms with Crippen molar-refractivity contribution in [1.29, 1.82) is 0 Å². The molecule has 1 rings (SSSR count). The first-order valence-corrected chi connectivity index (χ1v) is 4.60. The fraction of sp³-hybridized carbons (Fsp3) is 0.444. The number of hydrogen-bond acceptors (Lipinski definition) is 2. The van der Waals surface area contributed by atoms with Crippen LogP contribution >= 0.6 is 11.6 Å². The Bertz CT molecular complexity index is 291. The van der Waals surface area contributed by atoms with Gasteiger partial charge in [0.1, 0.15) is 5.82 Å². The molecule has 1 aromatic heterocycles. The minimum atomic E-state index is 0.769. The van der Waals surface area contributed by atoms with Crippen LogP contribution in [0.2, 0.25) is 0 Å². The zero-order valence-corrected chi connectivity index (χ0v) is 8.67. The topological polar surface area (TPSA) is 29.9 Å². The monoisotopic (exact) mass is 199 g/mol. The number of imidazole rings is 1. The molecule has 1 aromatic rings. The summed E-state index contributed by atoms with van der Waals surface area (Å²) in [6, 6.07) is 0. The Balaban J connectivity index is 2.32. The van der Waals surface area contributed by atoms with Crippen molar-refractivity contribution in [3.63, 3.8) is 0 Å². The predicted octanol–water partition coefficient (Wildman–Crippen LogP) is 1.65. The van der Waals surface area contributed by atoms with Crippen molar-refractivity contribution in [2.45, 2.75) is 13.5 Å². The van der Waals surface area contributed by atoms with E-state index in [0.29, 0.717) is 0 Å². The maximum atomic E-state index is 5.52. The number of aromatic nitrogens is 2. The maximum Gasteiger partial charge on any atom is 0.122 e. The Morgan fingerprint density at radius 2 is 2.54 bits per heavy atom. The number of hydrogen-bond donors (Lipinski definition) is 1. The highest BCUT2D eigenvalue weighted by Crippen LogP contribution is 1.95. The van der Waals surface area contributed by atoms with Gasteiger partial charge in [-0.3, -0.25) is 0 Å². The van der Waals surface area contributed by atoms with Gasteiger partial charge in [0.25, 0.3) is 0 Å². The molecule has 0 unspecified atom stereocenters. The molecule has 0 saturated carbocycles. The highest BCUT2D eigenvalue weighted by Gasteiger charge is 1.97. The summed E-state index contributed by atoms with van der Waals surface area (Å²) >= 11 is 5.52. The van der Waals surface area contributed by atoms with E-state index in [9.17, 15) is 0 Å². The normalized spacial score (nSPS) is 12.1. The first-order chi connectivity index (χ1) is 6.24. The van der Waals surface area contributed by atoms with Crippen molar-refractivity contribution in [2.75, 3.05) is 6.54 Å². The lowest BCUT2D eigenvalue weighted by Gasteiger charge is -2.04. The van der Waals surface area contributed by atoms with Crippen LogP contribution in [0.1, 0.15) is 12.7 Å². The second kappa shape index (κ2) is 5.04. The summed E-state index contributed by atoms with van der Waals surface area (Å²) in [5.41, 5.74) is 2.71. The molecule has 0 aliphatic rings. The molecule has 0 aliphatic heterocycles. The smallest absolute Gasteiger partial charge is 0.122 e. The van der Waals surface area contributed by atoms with Gasteiger partial charge in [-0.15, -0.1) is 0 Å². The lowest BCUT2D eigenvalue weighted by Crippen LogP contribution is -2.17. The van der Waals surface area contributed by atoms with Gasteiger partial charge in [0, 0.05) is 31.5 Å². The maximum absolute atomic E-state index is 5.52. The van der Waals surface area contributed by atoms with Crippen molar-refractivity contribution in [3.05, 3.63) is 29.3 Å². The molecule has 0 saturated heterocycles. The number of aryl methyl sites for hydroxylation is 1. The van der Waals surface area contributed by atoms with E-state index in [1.165, 1.54) is 0 Å². The Kier molecular flexibility index (Phi) is 3.99. The molecule has 1 heterocycles. The zero-order valence-electron chi connectivity index (χ0n) is 7.92. The summed E-state index contributed by atoms with van der Waals surface area (Å²) in [4.78, 5) is 4.19. The molecule has 0 fully saturated rings. The van der Waals surface area contributed by atoms with Gasteiger partial charge in [-0.05, 0) is 12.5 Å². The van der Waals surface area contributed by atoms with E-state index < -0.39 is 0 Å². The standard InChI is InChI=1S/C9H14ClN3/c1-8(5-10)6-11-7-9-12-3-4-13(9)2/h3-5,11H,6-7H2,1-2H3/b8-5-. The third-order valence-corrected chi connectivity index (χ3v) is 2.17. The molecule has 13 heavy (non-hydrogen) atoms. The molecule has 0 spiro atoms. The minimum Gasteiger partial charge on any atom is -0.337 e. The third-order valence-electron chi connectivity index (χ3n) is 1.79. The van der Waals surface area contributed by atoms with Crippen LogP contribution in [0.5, 0.6) is 0 Å². The van der Waals surface area contributed by atoms with Gasteiger partial charge < -0.3 is 9.88 Å². The van der Waals surface area contributed by atoms with Gasteiger partial charge in [-0.25, -0.2) is 4.98 Å². The molecule has 0 bridgehead atoms. The summed E-state index contributed by atoms with van der Waals surface area (Å²) < 4.78 is 1.99. The highest BCUT2D eigenvalue weighted by atomic mass is 35.5. The molecule has 4 heteroatoms. The van der Waals surface area contributed by atoms with E-state index in [1.807, 2.05) is 24.7 Å². The van der Waals surface area contributed by atoms with Crippen LogP contribution in [0.3, 0.4) is 0 Å². The summed E-state index contributed by atoms with van der Waals surface area (Å²) in [5, 5.41) is 3.24. The summed E-state index contributed by atoms with van der Waals surface area (Å²) in [7, 11) is 1.98. The van der Waals surface area contributed by atoms with Crippen molar-refractivity contribution in [3.8, 4) is 0 Å². The predicted molar refractivity (Wildman–Crippen MR) is 54.5 cm³/mol. The molecule has 0 amide bonds. The first kappa shape index (κ1) is 10.3. The van der Waals surface area contributed by atoms with Gasteiger partial charge in [0.05, 0.1) is 6.54 Å². The summed E-state index contributed by atoms with van der Waals surface area (Å²) in [6.45, 7) is 3.56. The molecule has 0 aromatic carbocycles. The van der Waals surface area contributed by atoms with Crippen LogP contribution in [-0.4, -0.2) is 16.1 Å². The van der Waals surface area contributed by atoms with Crippen molar-refractivity contribution in [1.82, 2.24) is 14.9 Å². The highest BCUT2D eigenvalue weighted by molar-refractivity contribution is 6.25. The largest absolute Gasteiger partial charge is 0.337 e. The van der Waals surface area contributed by atoms with Gasteiger partial charge in [0.15, 0.2) is 0 Å². The van der Waals surface area contributed by atoms with Crippen molar-refractivity contribution in [2.24, 2.45) is 7.05 Å².